The highest BCUT2D eigenvalue weighted by atomic mass is 35.5. The van der Waals surface area contributed by atoms with Crippen molar-refractivity contribution >= 4 is 46.0 Å². The molecule has 4 aromatic carbocycles. The summed E-state index contributed by atoms with van der Waals surface area (Å²) in [6.07, 6.45) is 1.19. The zero-order valence-corrected chi connectivity index (χ0v) is 26.5. The number of hydrogen-bond acceptors (Lipinski definition) is 8. The van der Waals surface area contributed by atoms with Crippen molar-refractivity contribution in [1.82, 2.24) is 9.66 Å². The predicted molar refractivity (Wildman–Crippen MR) is 178 cm³/mol. The van der Waals surface area contributed by atoms with Gasteiger partial charge in [-0.2, -0.15) is 9.78 Å². The summed E-state index contributed by atoms with van der Waals surface area (Å²) < 4.78 is 25.6. The maximum absolute atomic E-state index is 13.9. The number of nitro benzene ring substituents is 1. The molecule has 11 nitrogen and oxygen atoms in total. The molecule has 0 aliphatic carbocycles. The maximum atomic E-state index is 13.9. The first kappa shape index (κ1) is 32.8. The first-order valence-electron chi connectivity index (χ1n) is 14.4. The number of anilines is 1. The molecule has 13 heteroatoms. The Bertz CT molecular complexity index is 2100. The van der Waals surface area contributed by atoms with Gasteiger partial charge in [0.05, 0.1) is 29.2 Å². The highest BCUT2D eigenvalue weighted by Crippen LogP contribution is 2.35. The minimum atomic E-state index is -0.709. The van der Waals surface area contributed by atoms with Crippen molar-refractivity contribution in [2.24, 2.45) is 5.10 Å². The van der Waals surface area contributed by atoms with E-state index < -0.39 is 34.5 Å². The van der Waals surface area contributed by atoms with Crippen molar-refractivity contribution < 1.29 is 23.6 Å². The quantitative estimate of drug-likeness (QED) is 0.0960. The lowest BCUT2D eigenvalue weighted by molar-refractivity contribution is -0.385. The molecule has 0 fully saturated rings. The van der Waals surface area contributed by atoms with Gasteiger partial charge in [0, 0.05) is 27.9 Å². The van der Waals surface area contributed by atoms with Gasteiger partial charge in [0.2, 0.25) is 5.75 Å². The summed E-state index contributed by atoms with van der Waals surface area (Å²) in [5.41, 5.74) is 2.07. The molecule has 1 heterocycles. The number of fused-ring (bicyclic) bond motifs is 1. The van der Waals surface area contributed by atoms with E-state index >= 15 is 0 Å². The predicted octanol–water partition coefficient (Wildman–Crippen LogP) is 7.10. The van der Waals surface area contributed by atoms with Gasteiger partial charge in [-0.3, -0.25) is 19.7 Å². The number of nitro groups is 1. The standard InChI is InChI=1S/C34H29ClFN5O6/c1-19(2)26-16-27(20(3)13-30(26)46-4)33-39-28-8-6-5-7-25(28)34(43)40(33)37-17-21-14-22(35)15-29(41(44)45)32(21)47-18-31(42)38-24-11-9-23(36)10-12-24/h5-17,19H,18H2,1-4H3,(H,38,42). The van der Waals surface area contributed by atoms with Crippen LogP contribution in [0, 0.1) is 22.9 Å². The van der Waals surface area contributed by atoms with E-state index in [1.165, 1.54) is 36.5 Å². The molecule has 0 saturated carbocycles. The summed E-state index contributed by atoms with van der Waals surface area (Å²) in [6.45, 7) is 5.26. The Morgan fingerprint density at radius 3 is 2.55 bits per heavy atom. The monoisotopic (exact) mass is 657 g/mol. The molecule has 1 amide bonds. The molecule has 1 N–H and O–H groups in total. The largest absolute Gasteiger partial charge is 0.496 e. The number of nitrogens with zero attached hydrogens (tertiary/aromatic N) is 4. The lowest BCUT2D eigenvalue weighted by atomic mass is 9.96. The van der Waals surface area contributed by atoms with Crippen LogP contribution in [0.1, 0.15) is 36.5 Å². The fourth-order valence-electron chi connectivity index (χ4n) is 4.95. The van der Waals surface area contributed by atoms with Gasteiger partial charge < -0.3 is 14.8 Å². The fourth-order valence-corrected chi connectivity index (χ4v) is 5.17. The van der Waals surface area contributed by atoms with E-state index in [4.69, 9.17) is 26.1 Å². The number of aryl methyl sites for hydroxylation is 1. The van der Waals surface area contributed by atoms with Crippen LogP contribution in [0.5, 0.6) is 11.5 Å². The van der Waals surface area contributed by atoms with Crippen molar-refractivity contribution in [3.05, 3.63) is 121 Å². The van der Waals surface area contributed by atoms with Gasteiger partial charge in [0.25, 0.3) is 11.5 Å². The molecule has 0 atom stereocenters. The zero-order chi connectivity index (χ0) is 33.8. The maximum Gasteiger partial charge on any atom is 0.313 e. The number of para-hydroxylation sites is 1. The third-order valence-electron chi connectivity index (χ3n) is 7.24. The smallest absolute Gasteiger partial charge is 0.313 e. The van der Waals surface area contributed by atoms with E-state index in [-0.39, 0.29) is 28.1 Å². The normalized spacial score (nSPS) is 11.3. The molecular formula is C34H29ClFN5O6. The summed E-state index contributed by atoms with van der Waals surface area (Å²) in [7, 11) is 1.59. The van der Waals surface area contributed by atoms with Crippen LogP contribution in [-0.4, -0.2) is 40.4 Å². The molecule has 0 aliphatic heterocycles. The van der Waals surface area contributed by atoms with E-state index in [9.17, 15) is 24.1 Å². The number of ether oxygens (including phenoxy) is 2. The Kier molecular flexibility index (Phi) is 9.62. The number of benzene rings is 4. The number of amides is 1. The topological polar surface area (TPSA) is 138 Å². The molecule has 0 aliphatic rings. The molecule has 1 aromatic heterocycles. The number of methoxy groups -OCH3 is 1. The lowest BCUT2D eigenvalue weighted by Crippen LogP contribution is -2.21. The van der Waals surface area contributed by atoms with Crippen LogP contribution in [0.25, 0.3) is 22.3 Å². The number of rotatable bonds is 10. The van der Waals surface area contributed by atoms with Crippen molar-refractivity contribution in [3.8, 4) is 22.9 Å². The molecule has 0 radical (unpaired) electrons. The number of halogens is 2. The second kappa shape index (κ2) is 13.8. The van der Waals surface area contributed by atoms with Crippen LogP contribution in [-0.2, 0) is 4.79 Å². The van der Waals surface area contributed by atoms with Gasteiger partial charge in [-0.1, -0.05) is 37.6 Å². The van der Waals surface area contributed by atoms with Crippen LogP contribution >= 0.6 is 11.6 Å². The van der Waals surface area contributed by atoms with Crippen LogP contribution in [0.3, 0.4) is 0 Å². The highest BCUT2D eigenvalue weighted by molar-refractivity contribution is 6.31. The van der Waals surface area contributed by atoms with E-state index in [2.05, 4.69) is 10.4 Å². The molecule has 5 rings (SSSR count). The Labute approximate surface area is 273 Å². The second-order valence-electron chi connectivity index (χ2n) is 10.8. The average Bonchev–Trinajstić information content (AvgIpc) is 3.04. The average molecular weight is 658 g/mol. The van der Waals surface area contributed by atoms with Crippen LogP contribution in [0.4, 0.5) is 15.8 Å². The van der Waals surface area contributed by atoms with Gasteiger partial charge in [-0.05, 0) is 78.6 Å². The molecule has 0 unspecified atom stereocenters. The van der Waals surface area contributed by atoms with Gasteiger partial charge in [0.1, 0.15) is 11.6 Å². The number of nitrogens with one attached hydrogen (secondary N) is 1. The molecule has 240 valence electrons. The number of carbonyl (C=O) groups is 1. The fraction of sp³-hybridized carbons (Fsp3) is 0.176. The van der Waals surface area contributed by atoms with E-state index in [0.29, 0.717) is 27.9 Å². The van der Waals surface area contributed by atoms with Crippen molar-refractivity contribution in [3.63, 3.8) is 0 Å². The lowest BCUT2D eigenvalue weighted by Gasteiger charge is -2.17. The second-order valence-corrected chi connectivity index (χ2v) is 11.3. The Hall–Kier alpha value is -5.62. The molecule has 47 heavy (non-hydrogen) atoms. The Morgan fingerprint density at radius 1 is 1.15 bits per heavy atom. The van der Waals surface area contributed by atoms with Crippen LogP contribution in [0.2, 0.25) is 5.02 Å². The number of aromatic nitrogens is 2. The molecule has 0 spiro atoms. The van der Waals surface area contributed by atoms with Crippen LogP contribution < -0.4 is 20.3 Å². The molecule has 5 aromatic rings. The zero-order valence-electron chi connectivity index (χ0n) is 25.8. The highest BCUT2D eigenvalue weighted by Gasteiger charge is 2.23. The van der Waals surface area contributed by atoms with E-state index in [1.54, 1.807) is 31.4 Å². The Morgan fingerprint density at radius 2 is 1.87 bits per heavy atom. The Balaban J connectivity index is 1.61. The van der Waals surface area contributed by atoms with Gasteiger partial charge in [0.15, 0.2) is 12.4 Å². The summed E-state index contributed by atoms with van der Waals surface area (Å²) >= 11 is 6.24. The van der Waals surface area contributed by atoms with Gasteiger partial charge >= 0.3 is 5.69 Å². The molecule has 0 bridgehead atoms. The third kappa shape index (κ3) is 7.12. The summed E-state index contributed by atoms with van der Waals surface area (Å²) in [5.74, 6) is -0.437. The van der Waals surface area contributed by atoms with Crippen molar-refractivity contribution in [2.45, 2.75) is 26.7 Å². The SMILES string of the molecule is COc1cc(C)c(-c2nc3ccccc3c(=O)n2N=Cc2cc(Cl)cc([N+](=O)[O-])c2OCC(=O)Nc2ccc(F)cc2)cc1C(C)C. The van der Waals surface area contributed by atoms with Crippen LogP contribution in [0.15, 0.2) is 82.7 Å². The minimum Gasteiger partial charge on any atom is -0.496 e. The first-order chi connectivity index (χ1) is 22.5. The summed E-state index contributed by atoms with van der Waals surface area (Å²) in [4.78, 5) is 42.6. The molecular weight excluding hydrogens is 629 g/mol. The number of carbonyl (C=O) groups excluding carboxylic acids is 1. The summed E-state index contributed by atoms with van der Waals surface area (Å²) in [6, 6.07) is 18.1. The third-order valence-corrected chi connectivity index (χ3v) is 7.46. The van der Waals surface area contributed by atoms with Gasteiger partial charge in [-0.15, -0.1) is 0 Å². The van der Waals surface area contributed by atoms with E-state index in [0.717, 1.165) is 21.9 Å². The van der Waals surface area contributed by atoms with Crippen molar-refractivity contribution in [1.29, 1.82) is 0 Å². The van der Waals surface area contributed by atoms with Crippen molar-refractivity contribution in [2.75, 3.05) is 19.0 Å². The van der Waals surface area contributed by atoms with Gasteiger partial charge in [-0.25, -0.2) is 9.37 Å². The first-order valence-corrected chi connectivity index (χ1v) is 14.8. The summed E-state index contributed by atoms with van der Waals surface area (Å²) in [5, 5.41) is 19.3. The number of hydrogen-bond donors (Lipinski definition) is 1. The minimum absolute atomic E-state index is 0.00181. The molecule has 0 saturated heterocycles. The van der Waals surface area contributed by atoms with E-state index in [1.807, 2.05) is 32.9 Å².